The number of aliphatic hydroxyl groups is 4. The molecule has 4 aliphatic carbocycles. The number of ether oxygens (including phenoxy) is 10. The Balaban J connectivity index is 0.000000287. The SMILES string of the molecule is CCCCOc1ccc(OC(=O)C2CCC(C(=O)Oc3ccc(OCCCC)cc3)CC2)cc1.Cc1ccccc1OC(=O)C1CCC(C(=O)Oc2ccccc2C)CC1.O=C(Oc1ccc(CCO)cc1)C1CCC(C(=O)Oc2ccc(CCO)cc2)CC1.O=C(Oc1ccc(CO)cc1)C1CCC(C(=O)Oc2ccc(CO)cc2)CC1.[HH].[HH].[HH].[HH]. The summed E-state index contributed by atoms with van der Waals surface area (Å²) in [6, 6.07) is 57.0. The molecule has 0 bridgehead atoms. The molecule has 0 radical (unpaired) electrons. The molecule has 0 amide bonds. The number of carbonyl (C=O) groups excluding carboxylic acids is 8. The molecule has 636 valence electrons. The molecule has 4 fully saturated rings. The van der Waals surface area contributed by atoms with Gasteiger partial charge in [-0.05, 0) is 285 Å². The number of benzene rings is 8. The number of hydrogen-bond donors (Lipinski definition) is 4. The summed E-state index contributed by atoms with van der Waals surface area (Å²) >= 11 is 0. The lowest BCUT2D eigenvalue weighted by Crippen LogP contribution is -2.30. The van der Waals surface area contributed by atoms with Gasteiger partial charge in [-0.15, -0.1) is 0 Å². The third kappa shape index (κ3) is 29.8. The second-order valence-corrected chi connectivity index (χ2v) is 30.3. The van der Waals surface area contributed by atoms with Crippen LogP contribution in [0.4, 0.5) is 0 Å². The van der Waals surface area contributed by atoms with Crippen LogP contribution in [-0.4, -0.2) is 94.6 Å². The molecule has 8 aromatic rings. The first-order valence-corrected chi connectivity index (χ1v) is 41.4. The third-order valence-electron chi connectivity index (χ3n) is 21.5. The Morgan fingerprint density at radius 2 is 0.466 bits per heavy atom. The van der Waals surface area contributed by atoms with Crippen molar-refractivity contribution in [3.8, 4) is 57.5 Å². The number of unbranched alkanes of at least 4 members (excludes halogenated alkanes) is 2. The molecule has 118 heavy (non-hydrogen) atoms. The van der Waals surface area contributed by atoms with E-state index in [9.17, 15) is 38.4 Å². The van der Waals surface area contributed by atoms with Crippen molar-refractivity contribution in [1.29, 1.82) is 0 Å². The van der Waals surface area contributed by atoms with Crippen LogP contribution < -0.4 is 47.4 Å². The van der Waals surface area contributed by atoms with Crippen LogP contribution in [0.5, 0.6) is 57.5 Å². The Labute approximate surface area is 697 Å². The zero-order chi connectivity index (χ0) is 84.0. The van der Waals surface area contributed by atoms with Crippen molar-refractivity contribution in [1.82, 2.24) is 0 Å². The van der Waals surface area contributed by atoms with E-state index in [0.29, 0.717) is 175 Å². The number of carbonyl (C=O) groups is 8. The smallest absolute Gasteiger partial charge is 0.314 e. The molecule has 0 aromatic heterocycles. The van der Waals surface area contributed by atoms with Gasteiger partial charge in [-0.1, -0.05) is 112 Å². The van der Waals surface area contributed by atoms with Crippen molar-refractivity contribution < 1.29 is 112 Å². The summed E-state index contributed by atoms with van der Waals surface area (Å²) in [5, 5.41) is 36.0. The molecule has 0 spiro atoms. The number of aliphatic hydroxyl groups excluding tert-OH is 4. The average Bonchev–Trinajstić information content (AvgIpc) is 0.863. The molecule has 0 aliphatic heterocycles. The quantitative estimate of drug-likeness (QED) is 0.0185. The van der Waals surface area contributed by atoms with E-state index in [1.165, 1.54) is 0 Å². The summed E-state index contributed by atoms with van der Waals surface area (Å²) in [5.41, 5.74) is 5.36. The Morgan fingerprint density at radius 3 is 0.669 bits per heavy atom. The van der Waals surface area contributed by atoms with Crippen molar-refractivity contribution in [3.63, 3.8) is 0 Å². The maximum absolute atomic E-state index is 12.6. The van der Waals surface area contributed by atoms with Gasteiger partial charge >= 0.3 is 47.8 Å². The van der Waals surface area contributed by atoms with Gasteiger partial charge in [0.05, 0.1) is 73.8 Å². The van der Waals surface area contributed by atoms with E-state index in [4.69, 9.17) is 67.8 Å². The summed E-state index contributed by atoms with van der Waals surface area (Å²) in [5.74, 6) is 2.04. The van der Waals surface area contributed by atoms with Gasteiger partial charge in [0.2, 0.25) is 0 Å². The van der Waals surface area contributed by atoms with E-state index in [-0.39, 0.29) is 127 Å². The minimum Gasteiger partial charge on any atom is -0.494 e. The van der Waals surface area contributed by atoms with Crippen molar-refractivity contribution in [3.05, 3.63) is 228 Å². The first-order chi connectivity index (χ1) is 57.3. The van der Waals surface area contributed by atoms with Crippen LogP contribution in [-0.2, 0) is 64.4 Å². The van der Waals surface area contributed by atoms with Crippen molar-refractivity contribution in [2.24, 2.45) is 47.3 Å². The highest BCUT2D eigenvalue weighted by Crippen LogP contribution is 2.37. The first-order valence-electron chi connectivity index (χ1n) is 41.4. The molecule has 8 aromatic carbocycles. The van der Waals surface area contributed by atoms with Gasteiger partial charge in [-0.3, -0.25) is 38.4 Å². The zero-order valence-electron chi connectivity index (χ0n) is 68.0. The second-order valence-electron chi connectivity index (χ2n) is 30.3. The standard InChI is InChI=1S/C28H36O6.C24H28O6.C22H24O6.C22H24O4.4H2/c1-3-5-19-31-23-11-15-25(16-12-23)33-27(29)21-7-9-22(10-8-21)28(30)34-26-17-13-24(14-18-26)32-20-6-4-2;25-15-13-17-1-9-21(10-2-17)29-23(27)19-5-7-20(8-6-19)24(28)30-22-11-3-18(4-12-22)14-16-26;23-13-15-1-9-19(10-2-15)27-21(25)17-5-7-18(8-6-17)22(26)28-20-11-3-16(14-24)4-12-20;1-15-7-3-5-9-19(15)25-21(23)17-11-13-18(14-12-17)22(24)26-20-10-6-4-8-16(20)2;;;;/h11-18,21-22H,3-10,19-20H2,1-2H3;1-4,9-12,19-20,25-26H,5-8,13-16H2;1-4,9-12,17-18,23-24H,5-8,13-14H2;3-10,17-18H,11-14H2,1-2H3;4*1H. The molecular weight excluding hydrogens is 1510 g/mol. The van der Waals surface area contributed by atoms with Gasteiger partial charge in [0, 0.05) is 18.9 Å². The fourth-order valence-corrected chi connectivity index (χ4v) is 14.1. The topological polar surface area (TPSA) is 310 Å². The van der Waals surface area contributed by atoms with Crippen LogP contribution in [0.3, 0.4) is 0 Å². The summed E-state index contributed by atoms with van der Waals surface area (Å²) in [7, 11) is 0. The number of esters is 8. The molecule has 22 nitrogen and oxygen atoms in total. The molecule has 0 atom stereocenters. The van der Waals surface area contributed by atoms with Gasteiger partial charge in [-0.2, -0.15) is 0 Å². The summed E-state index contributed by atoms with van der Waals surface area (Å²) in [4.78, 5) is 99.5. The number of hydrogen-bond acceptors (Lipinski definition) is 22. The second kappa shape index (κ2) is 48.6. The first kappa shape index (κ1) is 90.9. The molecule has 4 saturated carbocycles. The average molecular weight is 1630 g/mol. The molecule has 4 N–H and O–H groups in total. The highest BCUT2D eigenvalue weighted by Gasteiger charge is 2.37. The Hall–Kier alpha value is -11.0. The molecule has 0 unspecified atom stereocenters. The lowest BCUT2D eigenvalue weighted by Gasteiger charge is -2.26. The summed E-state index contributed by atoms with van der Waals surface area (Å²) < 4.78 is 55.2. The van der Waals surface area contributed by atoms with Gasteiger partial charge < -0.3 is 67.8 Å². The van der Waals surface area contributed by atoms with Crippen molar-refractivity contribution >= 4 is 47.8 Å². The van der Waals surface area contributed by atoms with Gasteiger partial charge in [-0.25, -0.2) is 0 Å². The van der Waals surface area contributed by atoms with E-state index in [0.717, 1.165) is 70.6 Å². The molecule has 12 rings (SSSR count). The normalized spacial score (nSPS) is 18.6. The lowest BCUT2D eigenvalue weighted by atomic mass is 9.82. The third-order valence-corrected chi connectivity index (χ3v) is 21.5. The summed E-state index contributed by atoms with van der Waals surface area (Å²) in [6.07, 6.45) is 15.1. The minimum atomic E-state index is -0.289. The van der Waals surface area contributed by atoms with E-state index >= 15 is 0 Å². The van der Waals surface area contributed by atoms with E-state index < -0.39 is 0 Å². The Bertz CT molecular complexity index is 4160. The van der Waals surface area contributed by atoms with Gasteiger partial charge in [0.25, 0.3) is 0 Å². The van der Waals surface area contributed by atoms with Crippen LogP contribution in [0.25, 0.3) is 0 Å². The largest absolute Gasteiger partial charge is 0.494 e. The van der Waals surface area contributed by atoms with Crippen LogP contribution in [0.1, 0.15) is 181 Å². The Morgan fingerprint density at radius 1 is 0.271 bits per heavy atom. The molecule has 0 heterocycles. The predicted octanol–water partition coefficient (Wildman–Crippen LogP) is 18.0. The molecule has 0 saturated heterocycles. The maximum atomic E-state index is 12.6. The van der Waals surface area contributed by atoms with Gasteiger partial charge in [0.1, 0.15) is 57.5 Å². The van der Waals surface area contributed by atoms with Crippen molar-refractivity contribution in [2.75, 3.05) is 26.4 Å². The summed E-state index contributed by atoms with van der Waals surface area (Å²) in [6.45, 7) is 9.49. The molecule has 22 heteroatoms. The monoisotopic (exact) mass is 1620 g/mol. The van der Waals surface area contributed by atoms with E-state index in [2.05, 4.69) is 13.8 Å². The lowest BCUT2D eigenvalue weighted by molar-refractivity contribution is -0.145. The molecular formula is C96H120O22. The fraction of sp³-hybridized carbons (Fsp3) is 0.417. The van der Waals surface area contributed by atoms with Crippen LogP contribution >= 0.6 is 0 Å². The van der Waals surface area contributed by atoms with Gasteiger partial charge in [0.15, 0.2) is 0 Å². The fourth-order valence-electron chi connectivity index (χ4n) is 14.1. The molecule has 4 aliphatic rings. The van der Waals surface area contributed by atoms with E-state index in [1.54, 1.807) is 109 Å². The number of aryl methyl sites for hydroxylation is 2. The predicted molar refractivity (Wildman–Crippen MR) is 451 cm³/mol. The van der Waals surface area contributed by atoms with Crippen LogP contribution in [0.15, 0.2) is 194 Å². The Kier molecular flexibility index (Phi) is 37.4. The van der Waals surface area contributed by atoms with Crippen LogP contribution in [0, 0.1) is 61.2 Å². The highest BCUT2D eigenvalue weighted by atomic mass is 16.6. The number of para-hydroxylation sites is 2. The maximum Gasteiger partial charge on any atom is 0.314 e. The van der Waals surface area contributed by atoms with Crippen LogP contribution in [0.2, 0.25) is 0 Å². The minimum absolute atomic E-state index is 0. The number of rotatable bonds is 30. The van der Waals surface area contributed by atoms with E-state index in [1.807, 2.05) is 98.8 Å². The van der Waals surface area contributed by atoms with Crippen molar-refractivity contribution in [2.45, 2.75) is 182 Å². The highest BCUT2D eigenvalue weighted by molar-refractivity contribution is 5.81. The zero-order valence-corrected chi connectivity index (χ0v) is 68.0.